The zero-order chi connectivity index (χ0) is 7.73. The molecule has 4 heteroatoms. The zero-order valence-corrected chi connectivity index (χ0v) is 8.15. The van der Waals surface area contributed by atoms with Gasteiger partial charge in [0.2, 0.25) is 0 Å². The molecule has 0 aromatic rings. The third-order valence-corrected chi connectivity index (χ3v) is 2.58. The molecule has 1 spiro atoms. The normalized spacial score (nSPS) is 31.2. The van der Waals surface area contributed by atoms with Gasteiger partial charge in [-0.05, 0) is 6.42 Å². The molecule has 0 amide bonds. The van der Waals surface area contributed by atoms with Crippen LogP contribution in [0.3, 0.4) is 0 Å². The molecule has 0 aromatic carbocycles. The zero-order valence-electron chi connectivity index (χ0n) is 7.34. The van der Waals surface area contributed by atoms with Gasteiger partial charge in [0.1, 0.15) is 0 Å². The summed E-state index contributed by atoms with van der Waals surface area (Å²) in [7, 11) is 1.75. The summed E-state index contributed by atoms with van der Waals surface area (Å²) in [4.78, 5) is 0. The van der Waals surface area contributed by atoms with Crippen molar-refractivity contribution >= 4 is 12.4 Å². The van der Waals surface area contributed by atoms with Crippen LogP contribution in [0.25, 0.3) is 0 Å². The minimum Gasteiger partial charge on any atom is -0.384 e. The SMILES string of the molecule is COCC1COC2(CNC2)C1.Cl. The highest BCUT2D eigenvalue weighted by Crippen LogP contribution is 2.32. The number of ether oxygens (including phenoxy) is 2. The number of nitrogens with one attached hydrogen (secondary N) is 1. The van der Waals surface area contributed by atoms with Crippen LogP contribution in [0.2, 0.25) is 0 Å². The number of methoxy groups -OCH3 is 1. The van der Waals surface area contributed by atoms with E-state index in [4.69, 9.17) is 9.47 Å². The first-order valence-electron chi connectivity index (χ1n) is 4.18. The van der Waals surface area contributed by atoms with Gasteiger partial charge in [-0.2, -0.15) is 0 Å². The predicted octanol–water partition coefficient (Wildman–Crippen LogP) is 0.433. The van der Waals surface area contributed by atoms with E-state index < -0.39 is 0 Å². The Morgan fingerprint density at radius 1 is 1.58 bits per heavy atom. The van der Waals surface area contributed by atoms with Crippen molar-refractivity contribution in [1.29, 1.82) is 0 Å². The molecule has 2 saturated heterocycles. The van der Waals surface area contributed by atoms with Crippen molar-refractivity contribution in [3.8, 4) is 0 Å². The van der Waals surface area contributed by atoms with E-state index in [1.165, 1.54) is 6.42 Å². The summed E-state index contributed by atoms with van der Waals surface area (Å²) >= 11 is 0. The summed E-state index contributed by atoms with van der Waals surface area (Å²) in [6, 6.07) is 0. The molecule has 2 rings (SSSR count). The molecule has 1 N–H and O–H groups in total. The largest absolute Gasteiger partial charge is 0.384 e. The Hall–Kier alpha value is 0.170. The van der Waals surface area contributed by atoms with Crippen molar-refractivity contribution in [3.05, 3.63) is 0 Å². The molecule has 0 saturated carbocycles. The second kappa shape index (κ2) is 3.92. The van der Waals surface area contributed by atoms with Gasteiger partial charge in [-0.1, -0.05) is 0 Å². The minimum absolute atomic E-state index is 0. The first kappa shape index (κ1) is 10.3. The van der Waals surface area contributed by atoms with Crippen molar-refractivity contribution < 1.29 is 9.47 Å². The highest BCUT2D eigenvalue weighted by atomic mass is 35.5. The van der Waals surface area contributed by atoms with Crippen LogP contribution in [0.5, 0.6) is 0 Å². The first-order chi connectivity index (χ1) is 5.35. The van der Waals surface area contributed by atoms with E-state index in [2.05, 4.69) is 5.32 Å². The molecule has 2 fully saturated rings. The lowest BCUT2D eigenvalue weighted by Gasteiger charge is -2.38. The topological polar surface area (TPSA) is 30.5 Å². The molecule has 72 valence electrons. The average Bonchev–Trinajstić information content (AvgIpc) is 2.32. The number of rotatable bonds is 2. The van der Waals surface area contributed by atoms with Crippen molar-refractivity contribution in [2.24, 2.45) is 5.92 Å². The van der Waals surface area contributed by atoms with Crippen LogP contribution in [0.15, 0.2) is 0 Å². The standard InChI is InChI=1S/C8H15NO2.ClH/c1-10-3-7-2-8(11-4-7)5-9-6-8;/h7,9H,2-6H2,1H3;1H. The Kier molecular flexibility index (Phi) is 3.35. The third-order valence-electron chi connectivity index (χ3n) is 2.58. The second-order valence-corrected chi connectivity index (χ2v) is 3.62. The van der Waals surface area contributed by atoms with Crippen LogP contribution >= 0.6 is 12.4 Å². The van der Waals surface area contributed by atoms with Gasteiger partial charge in [-0.3, -0.25) is 0 Å². The molecule has 2 aliphatic heterocycles. The van der Waals surface area contributed by atoms with Gasteiger partial charge < -0.3 is 14.8 Å². The maximum Gasteiger partial charge on any atom is 0.0934 e. The van der Waals surface area contributed by atoms with Crippen LogP contribution < -0.4 is 5.32 Å². The van der Waals surface area contributed by atoms with Crippen LogP contribution in [0.1, 0.15) is 6.42 Å². The van der Waals surface area contributed by atoms with Crippen LogP contribution in [0.4, 0.5) is 0 Å². The first-order valence-corrected chi connectivity index (χ1v) is 4.18. The molecule has 0 aromatic heterocycles. The maximum absolute atomic E-state index is 5.70. The van der Waals surface area contributed by atoms with Gasteiger partial charge in [0, 0.05) is 26.1 Å². The summed E-state index contributed by atoms with van der Waals surface area (Å²) < 4.78 is 10.8. The summed E-state index contributed by atoms with van der Waals surface area (Å²) in [5.74, 6) is 0.627. The van der Waals surface area contributed by atoms with Gasteiger partial charge in [0.15, 0.2) is 0 Å². The highest BCUT2D eigenvalue weighted by molar-refractivity contribution is 5.85. The summed E-state index contributed by atoms with van der Waals surface area (Å²) in [5.41, 5.74) is 0.198. The fraction of sp³-hybridized carbons (Fsp3) is 1.00. The third kappa shape index (κ3) is 1.74. The Bertz CT molecular complexity index is 150. The molecule has 2 heterocycles. The monoisotopic (exact) mass is 193 g/mol. The van der Waals surface area contributed by atoms with Crippen LogP contribution in [0, 0.1) is 5.92 Å². The lowest BCUT2D eigenvalue weighted by atomic mass is 9.89. The average molecular weight is 194 g/mol. The molecule has 3 nitrogen and oxygen atoms in total. The lowest BCUT2D eigenvalue weighted by Crippen LogP contribution is -2.59. The van der Waals surface area contributed by atoms with Crippen LogP contribution in [-0.2, 0) is 9.47 Å². The van der Waals surface area contributed by atoms with Gasteiger partial charge in [-0.15, -0.1) is 12.4 Å². The molecule has 2 aliphatic rings. The van der Waals surface area contributed by atoms with Gasteiger partial charge in [0.25, 0.3) is 0 Å². The fourth-order valence-electron chi connectivity index (χ4n) is 1.93. The van der Waals surface area contributed by atoms with E-state index in [1.807, 2.05) is 0 Å². The number of halogens is 1. The lowest BCUT2D eigenvalue weighted by molar-refractivity contribution is -0.0365. The summed E-state index contributed by atoms with van der Waals surface area (Å²) in [6.07, 6.45) is 1.17. The van der Waals surface area contributed by atoms with Gasteiger partial charge in [-0.25, -0.2) is 0 Å². The highest BCUT2D eigenvalue weighted by Gasteiger charge is 2.44. The summed E-state index contributed by atoms with van der Waals surface area (Å²) in [5, 5.41) is 3.24. The Morgan fingerprint density at radius 2 is 2.33 bits per heavy atom. The van der Waals surface area contributed by atoms with E-state index in [-0.39, 0.29) is 18.0 Å². The molecule has 1 unspecified atom stereocenters. The second-order valence-electron chi connectivity index (χ2n) is 3.62. The fourth-order valence-corrected chi connectivity index (χ4v) is 1.93. The van der Waals surface area contributed by atoms with Gasteiger partial charge in [0.05, 0.1) is 18.8 Å². The molecule has 0 radical (unpaired) electrons. The predicted molar refractivity (Wildman–Crippen MR) is 48.8 cm³/mol. The Labute approximate surface area is 79.2 Å². The maximum atomic E-state index is 5.70. The van der Waals surface area contributed by atoms with E-state index in [9.17, 15) is 0 Å². The van der Waals surface area contributed by atoms with Crippen LogP contribution in [-0.4, -0.2) is 39.0 Å². The van der Waals surface area contributed by atoms with Crippen molar-refractivity contribution in [1.82, 2.24) is 5.32 Å². The Balaban J connectivity index is 0.000000720. The van der Waals surface area contributed by atoms with Gasteiger partial charge >= 0.3 is 0 Å². The van der Waals surface area contributed by atoms with E-state index in [1.54, 1.807) is 7.11 Å². The molecular formula is C8H16ClNO2. The van der Waals surface area contributed by atoms with Crippen molar-refractivity contribution in [2.75, 3.05) is 33.4 Å². The number of hydrogen-bond acceptors (Lipinski definition) is 3. The molecule has 0 bridgehead atoms. The van der Waals surface area contributed by atoms with Crippen molar-refractivity contribution in [3.63, 3.8) is 0 Å². The number of hydrogen-bond donors (Lipinski definition) is 1. The summed E-state index contributed by atoms with van der Waals surface area (Å²) in [6.45, 7) is 3.80. The minimum atomic E-state index is 0. The molecule has 1 atom stereocenters. The van der Waals surface area contributed by atoms with E-state index >= 15 is 0 Å². The smallest absolute Gasteiger partial charge is 0.0934 e. The van der Waals surface area contributed by atoms with E-state index in [0.717, 1.165) is 26.3 Å². The quantitative estimate of drug-likeness (QED) is 0.690. The molecule has 0 aliphatic carbocycles. The molecule has 12 heavy (non-hydrogen) atoms. The van der Waals surface area contributed by atoms with Crippen molar-refractivity contribution in [2.45, 2.75) is 12.0 Å². The Morgan fingerprint density at radius 3 is 2.75 bits per heavy atom. The van der Waals surface area contributed by atoms with E-state index in [0.29, 0.717) is 5.92 Å². The molecular weight excluding hydrogens is 178 g/mol.